The van der Waals surface area contributed by atoms with E-state index in [1.165, 1.54) is 0 Å². The maximum absolute atomic E-state index is 10.6. The van der Waals surface area contributed by atoms with Crippen LogP contribution >= 0.6 is 0 Å². The Morgan fingerprint density at radius 3 is 2.50 bits per heavy atom. The molecule has 68 valence electrons. The molecule has 0 saturated heterocycles. The van der Waals surface area contributed by atoms with E-state index in [0.29, 0.717) is 24.3 Å². The SMILES string of the molecule is C=CC/C=C(/CC(C)C)C(=O)O. The summed E-state index contributed by atoms with van der Waals surface area (Å²) >= 11 is 0. The van der Waals surface area contributed by atoms with Crippen LogP contribution in [0.1, 0.15) is 26.7 Å². The van der Waals surface area contributed by atoms with Crippen molar-refractivity contribution in [2.24, 2.45) is 5.92 Å². The summed E-state index contributed by atoms with van der Waals surface area (Å²) in [6, 6.07) is 0. The van der Waals surface area contributed by atoms with Gasteiger partial charge in [0.15, 0.2) is 0 Å². The highest BCUT2D eigenvalue weighted by Crippen LogP contribution is 2.11. The number of hydrogen-bond acceptors (Lipinski definition) is 1. The number of carboxylic acid groups (broad SMARTS) is 1. The number of hydrogen-bond donors (Lipinski definition) is 1. The van der Waals surface area contributed by atoms with Gasteiger partial charge in [-0.3, -0.25) is 0 Å². The van der Waals surface area contributed by atoms with Gasteiger partial charge in [0.2, 0.25) is 0 Å². The summed E-state index contributed by atoms with van der Waals surface area (Å²) in [4.78, 5) is 10.6. The summed E-state index contributed by atoms with van der Waals surface area (Å²) in [5, 5.41) is 8.75. The lowest BCUT2D eigenvalue weighted by Gasteiger charge is -2.04. The van der Waals surface area contributed by atoms with Crippen molar-refractivity contribution in [1.82, 2.24) is 0 Å². The van der Waals surface area contributed by atoms with Crippen molar-refractivity contribution in [3.8, 4) is 0 Å². The second-order valence-electron chi connectivity index (χ2n) is 3.16. The standard InChI is InChI=1S/C10H16O2/c1-4-5-6-9(10(11)12)7-8(2)3/h4,6,8H,1,5,7H2,2-3H3,(H,11,12)/b9-6-. The first kappa shape index (κ1) is 11.0. The number of carbonyl (C=O) groups is 1. The lowest BCUT2D eigenvalue weighted by atomic mass is 10.0. The molecular weight excluding hydrogens is 152 g/mol. The van der Waals surface area contributed by atoms with Gasteiger partial charge in [-0.15, -0.1) is 6.58 Å². The van der Waals surface area contributed by atoms with Crippen molar-refractivity contribution < 1.29 is 9.90 Å². The first-order chi connectivity index (χ1) is 5.57. The third-order valence-electron chi connectivity index (χ3n) is 1.43. The molecule has 0 fully saturated rings. The van der Waals surface area contributed by atoms with Crippen molar-refractivity contribution in [2.75, 3.05) is 0 Å². The van der Waals surface area contributed by atoms with Gasteiger partial charge in [0.25, 0.3) is 0 Å². The average Bonchev–Trinajstić information content (AvgIpc) is 1.96. The molecule has 0 amide bonds. The fourth-order valence-corrected chi connectivity index (χ4v) is 0.923. The summed E-state index contributed by atoms with van der Waals surface area (Å²) in [5.74, 6) is -0.428. The van der Waals surface area contributed by atoms with E-state index in [4.69, 9.17) is 5.11 Å². The Labute approximate surface area is 73.6 Å². The van der Waals surface area contributed by atoms with E-state index in [1.807, 2.05) is 13.8 Å². The smallest absolute Gasteiger partial charge is 0.331 e. The highest BCUT2D eigenvalue weighted by atomic mass is 16.4. The number of allylic oxidation sites excluding steroid dienone is 2. The molecule has 0 rings (SSSR count). The van der Waals surface area contributed by atoms with Crippen LogP contribution in [0.3, 0.4) is 0 Å². The normalized spacial score (nSPS) is 11.8. The van der Waals surface area contributed by atoms with Crippen molar-refractivity contribution in [3.63, 3.8) is 0 Å². The van der Waals surface area contributed by atoms with Gasteiger partial charge in [-0.2, -0.15) is 0 Å². The molecule has 0 aromatic carbocycles. The van der Waals surface area contributed by atoms with E-state index >= 15 is 0 Å². The van der Waals surface area contributed by atoms with Gasteiger partial charge in [0, 0.05) is 5.57 Å². The molecule has 0 radical (unpaired) electrons. The summed E-state index contributed by atoms with van der Waals surface area (Å²) in [7, 11) is 0. The Hall–Kier alpha value is -1.05. The molecule has 2 heteroatoms. The fraction of sp³-hybridized carbons (Fsp3) is 0.500. The monoisotopic (exact) mass is 168 g/mol. The number of rotatable bonds is 5. The predicted molar refractivity (Wildman–Crippen MR) is 50.0 cm³/mol. The van der Waals surface area contributed by atoms with E-state index in [1.54, 1.807) is 12.2 Å². The highest BCUT2D eigenvalue weighted by molar-refractivity contribution is 5.86. The summed E-state index contributed by atoms with van der Waals surface area (Å²) < 4.78 is 0. The van der Waals surface area contributed by atoms with E-state index in [-0.39, 0.29) is 0 Å². The van der Waals surface area contributed by atoms with Crippen LogP contribution in [-0.4, -0.2) is 11.1 Å². The fourth-order valence-electron chi connectivity index (χ4n) is 0.923. The van der Waals surface area contributed by atoms with E-state index in [9.17, 15) is 4.79 Å². The minimum Gasteiger partial charge on any atom is -0.478 e. The van der Waals surface area contributed by atoms with Gasteiger partial charge in [-0.1, -0.05) is 26.0 Å². The Balaban J connectivity index is 4.22. The largest absolute Gasteiger partial charge is 0.478 e. The van der Waals surface area contributed by atoms with Crippen LogP contribution in [0.25, 0.3) is 0 Å². The maximum atomic E-state index is 10.6. The maximum Gasteiger partial charge on any atom is 0.331 e. The van der Waals surface area contributed by atoms with E-state index in [2.05, 4.69) is 6.58 Å². The molecule has 0 aliphatic carbocycles. The molecule has 0 aliphatic rings. The van der Waals surface area contributed by atoms with Gasteiger partial charge in [0.1, 0.15) is 0 Å². The summed E-state index contributed by atoms with van der Waals surface area (Å²) in [6.45, 7) is 7.54. The minimum absolute atomic E-state index is 0.386. The molecular formula is C10H16O2. The lowest BCUT2D eigenvalue weighted by molar-refractivity contribution is -0.132. The molecule has 0 heterocycles. The van der Waals surface area contributed by atoms with Gasteiger partial charge in [0.05, 0.1) is 0 Å². The predicted octanol–water partition coefficient (Wildman–Crippen LogP) is 2.62. The minimum atomic E-state index is -0.814. The van der Waals surface area contributed by atoms with E-state index in [0.717, 1.165) is 0 Å². The molecule has 1 N–H and O–H groups in total. The van der Waals surface area contributed by atoms with Crippen molar-refractivity contribution in [3.05, 3.63) is 24.3 Å². The number of aliphatic carboxylic acids is 1. The second-order valence-corrected chi connectivity index (χ2v) is 3.16. The first-order valence-corrected chi connectivity index (χ1v) is 4.11. The van der Waals surface area contributed by atoms with Crippen LogP contribution in [-0.2, 0) is 4.79 Å². The van der Waals surface area contributed by atoms with Crippen LogP contribution in [0, 0.1) is 5.92 Å². The molecule has 0 bridgehead atoms. The van der Waals surface area contributed by atoms with Crippen molar-refractivity contribution >= 4 is 5.97 Å². The lowest BCUT2D eigenvalue weighted by Crippen LogP contribution is -2.03. The molecule has 0 saturated carbocycles. The van der Waals surface area contributed by atoms with Crippen LogP contribution in [0.2, 0.25) is 0 Å². The topological polar surface area (TPSA) is 37.3 Å². The summed E-state index contributed by atoms with van der Waals surface area (Å²) in [5.41, 5.74) is 0.491. The van der Waals surface area contributed by atoms with Gasteiger partial charge >= 0.3 is 5.97 Å². The van der Waals surface area contributed by atoms with Crippen LogP contribution in [0.15, 0.2) is 24.3 Å². The molecule has 0 spiro atoms. The zero-order valence-electron chi connectivity index (χ0n) is 7.71. The first-order valence-electron chi connectivity index (χ1n) is 4.11. The molecule has 0 aromatic heterocycles. The Morgan fingerprint density at radius 2 is 2.17 bits per heavy atom. The molecule has 0 aliphatic heterocycles. The third-order valence-corrected chi connectivity index (χ3v) is 1.43. The Bertz CT molecular complexity index is 190. The molecule has 12 heavy (non-hydrogen) atoms. The Kier molecular flexibility index (Phi) is 5.09. The van der Waals surface area contributed by atoms with Gasteiger partial charge in [-0.05, 0) is 18.8 Å². The molecule has 2 nitrogen and oxygen atoms in total. The zero-order valence-corrected chi connectivity index (χ0v) is 7.71. The summed E-state index contributed by atoms with van der Waals surface area (Å²) in [6.07, 6.45) is 4.68. The molecule has 0 unspecified atom stereocenters. The van der Waals surface area contributed by atoms with Crippen molar-refractivity contribution in [1.29, 1.82) is 0 Å². The van der Waals surface area contributed by atoms with E-state index < -0.39 is 5.97 Å². The molecule has 0 aromatic rings. The van der Waals surface area contributed by atoms with Crippen LogP contribution < -0.4 is 0 Å². The van der Waals surface area contributed by atoms with Crippen LogP contribution in [0.5, 0.6) is 0 Å². The quantitative estimate of drug-likeness (QED) is 0.506. The zero-order chi connectivity index (χ0) is 9.56. The van der Waals surface area contributed by atoms with Gasteiger partial charge in [-0.25, -0.2) is 4.79 Å². The highest BCUT2D eigenvalue weighted by Gasteiger charge is 2.07. The Morgan fingerprint density at radius 1 is 1.58 bits per heavy atom. The number of carboxylic acids is 1. The molecule has 0 atom stereocenters. The van der Waals surface area contributed by atoms with Crippen molar-refractivity contribution in [2.45, 2.75) is 26.7 Å². The average molecular weight is 168 g/mol. The second kappa shape index (κ2) is 5.58. The van der Waals surface area contributed by atoms with Crippen LogP contribution in [0.4, 0.5) is 0 Å². The van der Waals surface area contributed by atoms with Gasteiger partial charge < -0.3 is 5.11 Å². The third kappa shape index (κ3) is 4.72.